The van der Waals surface area contributed by atoms with Gasteiger partial charge in [-0.25, -0.2) is 4.98 Å². The van der Waals surface area contributed by atoms with Gasteiger partial charge in [0, 0.05) is 42.8 Å². The third-order valence-electron chi connectivity index (χ3n) is 8.30. The Balaban J connectivity index is 1.09. The number of amides is 1. The number of nitrogens with one attached hydrogen (secondary N) is 1. The molecule has 7 nitrogen and oxygen atoms in total. The lowest BCUT2D eigenvalue weighted by Crippen LogP contribution is -2.43. The topological polar surface area (TPSA) is 85.8 Å². The van der Waals surface area contributed by atoms with Crippen LogP contribution in [0.5, 0.6) is 0 Å². The maximum Gasteiger partial charge on any atom is 0.304 e. The molecule has 0 saturated carbocycles. The van der Waals surface area contributed by atoms with Crippen LogP contribution in [0.3, 0.4) is 0 Å². The molecule has 0 radical (unpaired) electrons. The minimum Gasteiger partial charge on any atom is -0.481 e. The molecule has 0 bridgehead atoms. The number of aliphatic carboxylic acids is 1. The van der Waals surface area contributed by atoms with Crippen LogP contribution < -0.4 is 10.2 Å². The zero-order chi connectivity index (χ0) is 25.6. The standard InChI is InChI=1S/C29H32N4O3S/c1-32-14-22-16-33(17-23(22)15-32)24-8-6-19(7-9-24)25-18-37-26(31-25)13-30-28(36)29(12-27(34)35)10-20-4-2-3-5-21(20)11-29/h2-9,18,22-23H,10-17H2,1H3,(H,30,36)(H,34,35)/t22-,23+. The zero-order valence-electron chi connectivity index (χ0n) is 21.0. The fourth-order valence-electron chi connectivity index (χ4n) is 6.50. The van der Waals surface area contributed by atoms with E-state index in [1.165, 1.54) is 30.1 Å². The SMILES string of the molecule is CN1C[C@@H]2CN(c3ccc(-c4csc(CNC(=O)C5(CC(=O)O)Cc6ccccc6C5)n4)cc3)C[C@@H]2C1. The zero-order valence-corrected chi connectivity index (χ0v) is 21.8. The molecule has 0 unspecified atom stereocenters. The number of carbonyl (C=O) groups is 2. The van der Waals surface area contributed by atoms with Gasteiger partial charge in [0.25, 0.3) is 0 Å². The van der Waals surface area contributed by atoms with Crippen molar-refractivity contribution in [2.45, 2.75) is 25.8 Å². The number of benzene rings is 2. The van der Waals surface area contributed by atoms with Gasteiger partial charge in [0.1, 0.15) is 5.01 Å². The number of likely N-dealkylation sites (tertiary alicyclic amines) is 1. The lowest BCUT2D eigenvalue weighted by Gasteiger charge is -2.25. The molecule has 8 heteroatoms. The van der Waals surface area contributed by atoms with E-state index in [-0.39, 0.29) is 12.3 Å². The monoisotopic (exact) mass is 516 g/mol. The minimum atomic E-state index is -0.951. The molecule has 0 spiro atoms. The normalized spacial score (nSPS) is 22.1. The fourth-order valence-corrected chi connectivity index (χ4v) is 7.24. The lowest BCUT2D eigenvalue weighted by atomic mass is 9.80. The number of aromatic nitrogens is 1. The van der Waals surface area contributed by atoms with E-state index < -0.39 is 11.4 Å². The molecule has 2 fully saturated rings. The first-order valence-electron chi connectivity index (χ1n) is 12.9. The molecular weight excluding hydrogens is 484 g/mol. The van der Waals surface area contributed by atoms with Crippen LogP contribution in [0.4, 0.5) is 5.69 Å². The summed E-state index contributed by atoms with van der Waals surface area (Å²) in [6.45, 7) is 4.94. The second-order valence-electron chi connectivity index (χ2n) is 11.0. The van der Waals surface area contributed by atoms with Gasteiger partial charge in [-0.05, 0) is 55.0 Å². The summed E-state index contributed by atoms with van der Waals surface area (Å²) in [6.07, 6.45) is 0.718. The summed E-state index contributed by atoms with van der Waals surface area (Å²) in [5.41, 5.74) is 4.39. The highest BCUT2D eigenvalue weighted by atomic mass is 32.1. The van der Waals surface area contributed by atoms with Crippen LogP contribution >= 0.6 is 11.3 Å². The van der Waals surface area contributed by atoms with E-state index in [4.69, 9.17) is 4.98 Å². The highest BCUT2D eigenvalue weighted by molar-refractivity contribution is 7.09. The van der Waals surface area contributed by atoms with Crippen molar-refractivity contribution in [2.75, 3.05) is 38.1 Å². The highest BCUT2D eigenvalue weighted by Gasteiger charge is 2.45. The molecule has 2 saturated heterocycles. The van der Waals surface area contributed by atoms with Crippen molar-refractivity contribution in [1.29, 1.82) is 0 Å². The van der Waals surface area contributed by atoms with Gasteiger partial charge in [-0.15, -0.1) is 11.3 Å². The van der Waals surface area contributed by atoms with Crippen molar-refractivity contribution in [3.8, 4) is 11.3 Å². The molecule has 1 aliphatic carbocycles. The molecule has 6 rings (SSSR count). The third kappa shape index (κ3) is 4.76. The van der Waals surface area contributed by atoms with Gasteiger partial charge in [0.15, 0.2) is 0 Å². The van der Waals surface area contributed by atoms with Gasteiger partial charge in [0.2, 0.25) is 5.91 Å². The van der Waals surface area contributed by atoms with Gasteiger partial charge in [0.05, 0.1) is 24.1 Å². The minimum absolute atomic E-state index is 0.182. The second-order valence-corrected chi connectivity index (χ2v) is 11.9. The van der Waals surface area contributed by atoms with Crippen molar-refractivity contribution < 1.29 is 14.7 Å². The molecule has 1 aromatic heterocycles. The smallest absolute Gasteiger partial charge is 0.304 e. The molecule has 192 valence electrons. The van der Waals surface area contributed by atoms with Crippen molar-refractivity contribution >= 4 is 28.9 Å². The summed E-state index contributed by atoms with van der Waals surface area (Å²) in [6, 6.07) is 16.5. The Morgan fingerprint density at radius 2 is 1.68 bits per heavy atom. The molecule has 3 heterocycles. The highest BCUT2D eigenvalue weighted by Crippen LogP contribution is 2.40. The number of anilines is 1. The summed E-state index contributed by atoms with van der Waals surface area (Å²) in [5, 5.41) is 15.3. The molecule has 1 amide bonds. The summed E-state index contributed by atoms with van der Waals surface area (Å²) < 4.78 is 0. The van der Waals surface area contributed by atoms with E-state index in [0.29, 0.717) is 19.4 Å². The number of hydrogen-bond donors (Lipinski definition) is 2. The number of fused-ring (bicyclic) bond motifs is 2. The van der Waals surface area contributed by atoms with Gasteiger partial charge in [-0.2, -0.15) is 0 Å². The number of rotatable bonds is 7. The van der Waals surface area contributed by atoms with Gasteiger partial charge in [-0.1, -0.05) is 36.4 Å². The Bertz CT molecular complexity index is 1280. The molecule has 2 atom stereocenters. The Labute approximate surface area is 221 Å². The lowest BCUT2D eigenvalue weighted by molar-refractivity contribution is -0.145. The molecular formula is C29H32N4O3S. The Kier molecular flexibility index (Phi) is 6.24. The number of hydrogen-bond acceptors (Lipinski definition) is 6. The predicted molar refractivity (Wildman–Crippen MR) is 145 cm³/mol. The van der Waals surface area contributed by atoms with Crippen molar-refractivity contribution in [2.24, 2.45) is 17.3 Å². The van der Waals surface area contributed by atoms with Crippen LogP contribution in [0.15, 0.2) is 53.9 Å². The first-order valence-corrected chi connectivity index (χ1v) is 13.8. The summed E-state index contributed by atoms with van der Waals surface area (Å²) in [5.74, 6) is 0.379. The average molecular weight is 517 g/mol. The summed E-state index contributed by atoms with van der Waals surface area (Å²) in [7, 11) is 2.22. The van der Waals surface area contributed by atoms with Crippen molar-refractivity contribution in [3.05, 3.63) is 70.0 Å². The van der Waals surface area contributed by atoms with Crippen LogP contribution in [0.25, 0.3) is 11.3 Å². The fraction of sp³-hybridized carbons (Fsp3) is 0.414. The predicted octanol–water partition coefficient (Wildman–Crippen LogP) is 3.68. The van der Waals surface area contributed by atoms with Crippen LogP contribution in [0.1, 0.15) is 22.6 Å². The van der Waals surface area contributed by atoms with E-state index in [2.05, 4.69) is 46.4 Å². The van der Waals surface area contributed by atoms with E-state index in [9.17, 15) is 14.7 Å². The van der Waals surface area contributed by atoms with Crippen LogP contribution in [-0.2, 0) is 29.0 Å². The first-order chi connectivity index (χ1) is 17.9. The number of carboxylic acid groups (broad SMARTS) is 1. The van der Waals surface area contributed by atoms with Crippen molar-refractivity contribution in [3.63, 3.8) is 0 Å². The van der Waals surface area contributed by atoms with Crippen LogP contribution in [0, 0.1) is 17.3 Å². The largest absolute Gasteiger partial charge is 0.481 e. The van der Waals surface area contributed by atoms with E-state index in [1.54, 1.807) is 0 Å². The number of nitrogens with zero attached hydrogens (tertiary/aromatic N) is 3. The van der Waals surface area contributed by atoms with E-state index in [0.717, 1.165) is 52.3 Å². The summed E-state index contributed by atoms with van der Waals surface area (Å²) >= 11 is 1.51. The molecule has 2 aliphatic heterocycles. The second kappa shape index (κ2) is 9.58. The van der Waals surface area contributed by atoms with Gasteiger partial charge >= 0.3 is 5.97 Å². The third-order valence-corrected chi connectivity index (χ3v) is 9.15. The van der Waals surface area contributed by atoms with Gasteiger partial charge in [-0.3, -0.25) is 9.59 Å². The van der Waals surface area contributed by atoms with Gasteiger partial charge < -0.3 is 20.2 Å². The Hall–Kier alpha value is -3.23. The number of carboxylic acids is 1. The molecule has 37 heavy (non-hydrogen) atoms. The van der Waals surface area contributed by atoms with E-state index >= 15 is 0 Å². The van der Waals surface area contributed by atoms with Crippen LogP contribution in [0.2, 0.25) is 0 Å². The summed E-state index contributed by atoms with van der Waals surface area (Å²) in [4.78, 5) is 34.6. The number of thiazole rings is 1. The molecule has 2 N–H and O–H groups in total. The molecule has 3 aromatic rings. The Morgan fingerprint density at radius 3 is 2.30 bits per heavy atom. The van der Waals surface area contributed by atoms with Crippen LogP contribution in [-0.4, -0.2) is 60.1 Å². The Morgan fingerprint density at radius 1 is 1.03 bits per heavy atom. The molecule has 3 aliphatic rings. The quantitative estimate of drug-likeness (QED) is 0.498. The maximum absolute atomic E-state index is 13.3. The van der Waals surface area contributed by atoms with E-state index in [1.807, 2.05) is 29.6 Å². The first kappa shape index (κ1) is 24.1. The van der Waals surface area contributed by atoms with Crippen molar-refractivity contribution in [1.82, 2.24) is 15.2 Å². The number of carbonyl (C=O) groups excluding carboxylic acids is 1. The maximum atomic E-state index is 13.3. The molecule has 2 aromatic carbocycles. The average Bonchev–Trinajstić information content (AvgIpc) is 3.64.